The van der Waals surface area contributed by atoms with Crippen molar-refractivity contribution in [1.82, 2.24) is 10.2 Å². The van der Waals surface area contributed by atoms with E-state index in [9.17, 15) is 4.79 Å². The smallest absolute Gasteiger partial charge is 0.323 e. The number of carbonyl (C=O) groups excluding carboxylic acids is 1. The molecule has 3 rings (SSSR count). The summed E-state index contributed by atoms with van der Waals surface area (Å²) in [5.41, 5.74) is 1.45. The Morgan fingerprint density at radius 3 is 2.42 bits per heavy atom. The Morgan fingerprint density at radius 2 is 1.75 bits per heavy atom. The number of carbonyl (C=O) groups is 1. The Morgan fingerprint density at radius 1 is 1.08 bits per heavy atom. The van der Waals surface area contributed by atoms with E-state index in [1.807, 2.05) is 18.2 Å². The van der Waals surface area contributed by atoms with Crippen molar-refractivity contribution in [3.8, 4) is 0 Å². The van der Waals surface area contributed by atoms with E-state index in [0.29, 0.717) is 17.9 Å². The van der Waals surface area contributed by atoms with Crippen LogP contribution in [0, 0.1) is 5.92 Å². The number of rotatable bonds is 3. The molecule has 2 fully saturated rings. The Kier molecular flexibility index (Phi) is 6.02. The van der Waals surface area contributed by atoms with E-state index in [1.165, 1.54) is 18.4 Å². The van der Waals surface area contributed by atoms with Crippen LogP contribution in [-0.2, 0) is 0 Å². The van der Waals surface area contributed by atoms with Gasteiger partial charge in [0.25, 0.3) is 0 Å². The maximum atomic E-state index is 12.3. The third kappa shape index (κ3) is 4.44. The van der Waals surface area contributed by atoms with Gasteiger partial charge in [-0.05, 0) is 69.0 Å². The van der Waals surface area contributed by atoms with Crippen molar-refractivity contribution in [2.75, 3.05) is 20.1 Å². The molecule has 2 aliphatic rings. The lowest BCUT2D eigenvalue weighted by molar-refractivity contribution is 0.186. The molecule has 1 aliphatic carbocycles. The minimum Gasteiger partial charge on any atom is -0.323 e. The molecule has 1 aliphatic heterocycles. The molecule has 0 bridgehead atoms. The first-order chi connectivity index (χ1) is 11.7. The lowest BCUT2D eigenvalue weighted by atomic mass is 9.79. The zero-order chi connectivity index (χ0) is 16.8. The van der Waals surface area contributed by atoms with Gasteiger partial charge in [0.15, 0.2) is 0 Å². The monoisotopic (exact) mass is 327 g/mol. The highest BCUT2D eigenvalue weighted by molar-refractivity contribution is 5.84. The Hall–Kier alpha value is -1.68. The minimum absolute atomic E-state index is 0.0768. The predicted octanol–water partition coefficient (Wildman–Crippen LogP) is 3.84. The second-order valence-corrected chi connectivity index (χ2v) is 7.18. The van der Waals surface area contributed by atoms with Crippen LogP contribution in [0.1, 0.15) is 50.0 Å². The minimum atomic E-state index is -0.0768. The molecule has 0 unspecified atom stereocenters. The number of hydrogen-bond donors (Lipinski definition) is 1. The van der Waals surface area contributed by atoms with Crippen LogP contribution < -0.4 is 5.32 Å². The van der Waals surface area contributed by atoms with E-state index in [-0.39, 0.29) is 6.03 Å². The summed E-state index contributed by atoms with van der Waals surface area (Å²) < 4.78 is 0. The van der Waals surface area contributed by atoms with Gasteiger partial charge >= 0.3 is 6.03 Å². The lowest BCUT2D eigenvalue weighted by Gasteiger charge is -2.30. The van der Waals surface area contributed by atoms with Crippen molar-refractivity contribution < 1.29 is 4.79 Å². The number of urea groups is 1. The quantitative estimate of drug-likeness (QED) is 0.857. The van der Waals surface area contributed by atoms with E-state index < -0.39 is 0 Å². The van der Waals surface area contributed by atoms with Gasteiger partial charge in [-0.2, -0.15) is 0 Å². The highest BCUT2D eigenvalue weighted by Gasteiger charge is 2.23. The Labute approximate surface area is 145 Å². The van der Waals surface area contributed by atoms with E-state index in [4.69, 9.17) is 0 Å². The van der Waals surface area contributed by atoms with Gasteiger partial charge in [0, 0.05) is 19.3 Å². The van der Waals surface area contributed by atoms with Crippen LogP contribution >= 0.6 is 0 Å². The molecule has 0 atom stereocenters. The van der Waals surface area contributed by atoms with Crippen LogP contribution in [0.5, 0.6) is 0 Å². The van der Waals surface area contributed by atoms with Crippen LogP contribution in [0.4, 0.5) is 4.79 Å². The molecule has 24 heavy (non-hydrogen) atoms. The maximum Gasteiger partial charge on any atom is 0.343 e. The number of nitrogens with one attached hydrogen (secondary N) is 1. The third-order valence-corrected chi connectivity index (χ3v) is 5.60. The zero-order valence-corrected chi connectivity index (χ0v) is 14.7. The number of amides is 2. The molecular weight excluding hydrogens is 298 g/mol. The number of hydrogen-bond acceptors (Lipinski definition) is 2. The molecule has 1 saturated carbocycles. The topological polar surface area (TPSA) is 44.7 Å². The van der Waals surface area contributed by atoms with E-state index in [1.54, 1.807) is 0 Å². The fraction of sp³-hybridized carbons (Fsp3) is 0.600. The van der Waals surface area contributed by atoms with Gasteiger partial charge in [-0.15, -0.1) is 0 Å². The summed E-state index contributed by atoms with van der Waals surface area (Å²) in [5, 5.41) is 3.33. The summed E-state index contributed by atoms with van der Waals surface area (Å²) in [6, 6.07) is 11.0. The molecular formula is C20H29N3O. The molecule has 0 radical (unpaired) electrons. The van der Waals surface area contributed by atoms with Gasteiger partial charge in [-0.1, -0.05) is 30.3 Å². The molecule has 1 aromatic carbocycles. The summed E-state index contributed by atoms with van der Waals surface area (Å²) in [5.74, 6) is 1.12. The number of piperidine rings is 1. The van der Waals surface area contributed by atoms with Gasteiger partial charge in [0.1, 0.15) is 0 Å². The van der Waals surface area contributed by atoms with Crippen LogP contribution in [0.3, 0.4) is 0 Å². The fourth-order valence-corrected chi connectivity index (χ4v) is 3.94. The number of nitrogens with zero attached hydrogens (tertiary/aromatic N) is 2. The largest absolute Gasteiger partial charge is 0.343 e. The highest BCUT2D eigenvalue weighted by atomic mass is 16.2. The van der Waals surface area contributed by atoms with Crippen LogP contribution in [0.2, 0.25) is 0 Å². The maximum absolute atomic E-state index is 12.3. The molecule has 1 aromatic rings. The highest BCUT2D eigenvalue weighted by Crippen LogP contribution is 2.34. The summed E-state index contributed by atoms with van der Waals surface area (Å²) in [6.07, 6.45) is 8.62. The van der Waals surface area contributed by atoms with Crippen molar-refractivity contribution in [2.45, 2.75) is 50.5 Å². The zero-order valence-electron chi connectivity index (χ0n) is 14.7. The average Bonchev–Trinajstić information content (AvgIpc) is 2.67. The summed E-state index contributed by atoms with van der Waals surface area (Å²) in [6.45, 7) is 1.99. The number of aliphatic imine (C=N–C) groups is 1. The Balaban J connectivity index is 1.46. The van der Waals surface area contributed by atoms with Crippen molar-refractivity contribution in [2.24, 2.45) is 10.9 Å². The summed E-state index contributed by atoms with van der Waals surface area (Å²) in [4.78, 5) is 18.4. The van der Waals surface area contributed by atoms with E-state index in [0.717, 1.165) is 38.8 Å². The molecule has 1 heterocycles. The SMILES string of the molecule is CN(C(=O)/N=C\C1CCC(c2ccccc2)CC1)C1CCNCC1. The lowest BCUT2D eigenvalue weighted by Crippen LogP contribution is -2.43. The van der Waals surface area contributed by atoms with Crippen LogP contribution in [0.25, 0.3) is 0 Å². The van der Waals surface area contributed by atoms with E-state index >= 15 is 0 Å². The third-order valence-electron chi connectivity index (χ3n) is 5.60. The van der Waals surface area contributed by atoms with Crippen LogP contribution in [-0.4, -0.2) is 43.3 Å². The van der Waals surface area contributed by atoms with Gasteiger partial charge in [0.05, 0.1) is 0 Å². The summed E-state index contributed by atoms with van der Waals surface area (Å²) >= 11 is 0. The molecule has 4 nitrogen and oxygen atoms in total. The van der Waals surface area contributed by atoms with Crippen molar-refractivity contribution >= 4 is 12.2 Å². The standard InChI is InChI=1S/C20H29N3O/c1-23(19-11-13-21-14-12-19)20(24)22-15-16-7-9-18(10-8-16)17-5-3-2-4-6-17/h2-6,15-16,18-19,21H,7-14H2,1H3/b22-15-. The van der Waals surface area contributed by atoms with Gasteiger partial charge in [0.2, 0.25) is 0 Å². The first-order valence-electron chi connectivity index (χ1n) is 9.30. The van der Waals surface area contributed by atoms with Gasteiger partial charge < -0.3 is 10.2 Å². The van der Waals surface area contributed by atoms with Gasteiger partial charge in [-0.25, -0.2) is 9.79 Å². The second-order valence-electron chi connectivity index (χ2n) is 7.18. The van der Waals surface area contributed by atoms with Crippen molar-refractivity contribution in [3.63, 3.8) is 0 Å². The molecule has 4 heteroatoms. The van der Waals surface area contributed by atoms with Gasteiger partial charge in [-0.3, -0.25) is 0 Å². The first kappa shape index (κ1) is 17.2. The molecule has 2 amide bonds. The summed E-state index contributed by atoms with van der Waals surface area (Å²) in [7, 11) is 1.89. The predicted molar refractivity (Wildman–Crippen MR) is 98.7 cm³/mol. The number of benzene rings is 1. The van der Waals surface area contributed by atoms with E-state index in [2.05, 4.69) is 40.6 Å². The fourth-order valence-electron chi connectivity index (χ4n) is 3.94. The Bertz CT molecular complexity index is 543. The molecule has 1 saturated heterocycles. The van der Waals surface area contributed by atoms with Crippen molar-refractivity contribution in [1.29, 1.82) is 0 Å². The normalized spacial score (nSPS) is 25.7. The molecule has 1 N–H and O–H groups in total. The van der Waals surface area contributed by atoms with Crippen LogP contribution in [0.15, 0.2) is 35.3 Å². The second kappa shape index (κ2) is 8.43. The molecule has 0 spiro atoms. The first-order valence-corrected chi connectivity index (χ1v) is 9.30. The van der Waals surface area contributed by atoms with Crippen molar-refractivity contribution in [3.05, 3.63) is 35.9 Å². The molecule has 0 aromatic heterocycles. The average molecular weight is 327 g/mol. The molecule has 130 valence electrons.